The molecule has 2 heterocycles. The summed E-state index contributed by atoms with van der Waals surface area (Å²) in [6.45, 7) is 2.00. The Labute approximate surface area is 131 Å². The zero-order valence-electron chi connectivity index (χ0n) is 10.8. The van der Waals surface area contributed by atoms with Crippen LogP contribution >= 0.6 is 34.8 Å². The van der Waals surface area contributed by atoms with Gasteiger partial charge in [0.05, 0.1) is 5.39 Å². The zero-order chi connectivity index (χ0) is 14.4. The van der Waals surface area contributed by atoms with Gasteiger partial charge in [-0.15, -0.1) is 0 Å². The SMILES string of the molecule is Cc1ccc(Cl)c(-c2c(Cl)n(C)c3ncnc(Cl)c23)c1. The van der Waals surface area contributed by atoms with Crippen molar-refractivity contribution in [3.05, 3.63) is 45.4 Å². The van der Waals surface area contributed by atoms with Crippen LogP contribution in [0.2, 0.25) is 15.3 Å². The molecule has 3 rings (SSSR count). The molecule has 0 saturated heterocycles. The lowest BCUT2D eigenvalue weighted by Gasteiger charge is -2.06. The van der Waals surface area contributed by atoms with E-state index in [0.29, 0.717) is 26.4 Å². The van der Waals surface area contributed by atoms with E-state index < -0.39 is 0 Å². The summed E-state index contributed by atoms with van der Waals surface area (Å²) in [4.78, 5) is 8.28. The number of aryl methyl sites for hydroxylation is 2. The van der Waals surface area contributed by atoms with Crippen LogP contribution in [-0.2, 0) is 7.05 Å². The average Bonchev–Trinajstić information content (AvgIpc) is 2.67. The highest BCUT2D eigenvalue weighted by atomic mass is 35.5. The zero-order valence-corrected chi connectivity index (χ0v) is 13.1. The van der Waals surface area contributed by atoms with Crippen molar-refractivity contribution in [2.75, 3.05) is 0 Å². The van der Waals surface area contributed by atoms with Crippen molar-refractivity contribution < 1.29 is 0 Å². The maximum atomic E-state index is 6.45. The number of benzene rings is 1. The van der Waals surface area contributed by atoms with Gasteiger partial charge in [0.25, 0.3) is 0 Å². The molecular weight excluding hydrogens is 317 g/mol. The van der Waals surface area contributed by atoms with E-state index in [1.54, 1.807) is 4.57 Å². The normalized spacial score (nSPS) is 11.2. The largest absolute Gasteiger partial charge is 0.319 e. The molecule has 0 unspecified atom stereocenters. The second-order valence-corrected chi connectivity index (χ2v) is 5.69. The summed E-state index contributed by atoms with van der Waals surface area (Å²) in [6, 6.07) is 5.77. The Balaban J connectivity index is 2.48. The Kier molecular flexibility index (Phi) is 3.36. The Morgan fingerprint density at radius 1 is 1.10 bits per heavy atom. The molecule has 6 heteroatoms. The molecule has 0 saturated carbocycles. The van der Waals surface area contributed by atoms with Crippen LogP contribution in [0.25, 0.3) is 22.2 Å². The lowest BCUT2D eigenvalue weighted by atomic mass is 10.0. The van der Waals surface area contributed by atoms with Gasteiger partial charge >= 0.3 is 0 Å². The lowest BCUT2D eigenvalue weighted by molar-refractivity contribution is 0.945. The minimum Gasteiger partial charge on any atom is -0.319 e. The molecule has 0 fully saturated rings. The van der Waals surface area contributed by atoms with Crippen LogP contribution in [0.3, 0.4) is 0 Å². The molecule has 0 atom stereocenters. The van der Waals surface area contributed by atoms with Gasteiger partial charge in [-0.3, -0.25) is 0 Å². The molecule has 3 aromatic rings. The molecule has 0 aliphatic heterocycles. The molecule has 0 spiro atoms. The summed E-state index contributed by atoms with van der Waals surface area (Å²) in [5.41, 5.74) is 3.37. The van der Waals surface area contributed by atoms with E-state index in [2.05, 4.69) is 9.97 Å². The second kappa shape index (κ2) is 4.92. The molecule has 0 N–H and O–H groups in total. The first kappa shape index (κ1) is 13.7. The standard InChI is InChI=1S/C14H10Cl3N3/c1-7-3-4-9(15)8(5-7)10-11-12(16)18-6-19-14(11)20(2)13(10)17/h3-6H,1-2H3. The fraction of sp³-hybridized carbons (Fsp3) is 0.143. The van der Waals surface area contributed by atoms with Gasteiger partial charge in [0, 0.05) is 23.2 Å². The van der Waals surface area contributed by atoms with Gasteiger partial charge in [0.1, 0.15) is 22.3 Å². The van der Waals surface area contributed by atoms with Crippen molar-refractivity contribution in [1.29, 1.82) is 0 Å². The fourth-order valence-electron chi connectivity index (χ4n) is 2.27. The van der Waals surface area contributed by atoms with Gasteiger partial charge in [-0.1, -0.05) is 46.4 Å². The number of hydrogen-bond donors (Lipinski definition) is 0. The minimum absolute atomic E-state index is 0.366. The first-order valence-electron chi connectivity index (χ1n) is 5.91. The van der Waals surface area contributed by atoms with Gasteiger partial charge in [-0.25, -0.2) is 9.97 Å². The highest BCUT2D eigenvalue weighted by Gasteiger charge is 2.21. The number of hydrogen-bond acceptors (Lipinski definition) is 2. The Morgan fingerprint density at radius 2 is 1.85 bits per heavy atom. The summed E-state index contributed by atoms with van der Waals surface area (Å²) in [6.07, 6.45) is 1.42. The van der Waals surface area contributed by atoms with E-state index >= 15 is 0 Å². The lowest BCUT2D eigenvalue weighted by Crippen LogP contribution is -1.89. The van der Waals surface area contributed by atoms with Gasteiger partial charge < -0.3 is 4.57 Å². The first-order valence-corrected chi connectivity index (χ1v) is 7.05. The van der Waals surface area contributed by atoms with Gasteiger partial charge in [0.15, 0.2) is 0 Å². The monoisotopic (exact) mass is 325 g/mol. The highest BCUT2D eigenvalue weighted by molar-refractivity contribution is 6.41. The van der Waals surface area contributed by atoms with E-state index in [4.69, 9.17) is 34.8 Å². The second-order valence-electron chi connectivity index (χ2n) is 4.57. The van der Waals surface area contributed by atoms with Crippen molar-refractivity contribution >= 4 is 45.8 Å². The van der Waals surface area contributed by atoms with Gasteiger partial charge in [-0.05, 0) is 19.1 Å². The summed E-state index contributed by atoms with van der Waals surface area (Å²) >= 11 is 19.0. The van der Waals surface area contributed by atoms with Crippen LogP contribution in [0.4, 0.5) is 0 Å². The van der Waals surface area contributed by atoms with Crippen LogP contribution in [0.1, 0.15) is 5.56 Å². The topological polar surface area (TPSA) is 30.7 Å². The molecule has 2 aromatic heterocycles. The smallest absolute Gasteiger partial charge is 0.146 e. The Hall–Kier alpha value is -1.29. The number of nitrogens with zero attached hydrogens (tertiary/aromatic N) is 3. The maximum Gasteiger partial charge on any atom is 0.146 e. The quantitative estimate of drug-likeness (QED) is 0.595. The maximum absolute atomic E-state index is 6.45. The molecule has 0 aliphatic carbocycles. The number of aromatic nitrogens is 3. The Bertz CT molecular complexity index is 824. The predicted molar refractivity (Wildman–Crippen MR) is 83.7 cm³/mol. The number of fused-ring (bicyclic) bond motifs is 1. The van der Waals surface area contributed by atoms with E-state index in [1.165, 1.54) is 6.33 Å². The van der Waals surface area contributed by atoms with Crippen molar-refractivity contribution in [3.8, 4) is 11.1 Å². The van der Waals surface area contributed by atoms with Crippen molar-refractivity contribution in [2.45, 2.75) is 6.92 Å². The summed E-state index contributed by atoms with van der Waals surface area (Å²) < 4.78 is 1.78. The van der Waals surface area contributed by atoms with Crippen molar-refractivity contribution in [3.63, 3.8) is 0 Å². The van der Waals surface area contributed by atoms with Gasteiger partial charge in [-0.2, -0.15) is 0 Å². The third-order valence-corrected chi connectivity index (χ3v) is 4.30. The fourth-order valence-corrected chi connectivity index (χ4v) is 2.98. The number of rotatable bonds is 1. The first-order chi connectivity index (χ1) is 9.50. The van der Waals surface area contributed by atoms with Gasteiger partial charge in [0.2, 0.25) is 0 Å². The molecular formula is C14H10Cl3N3. The molecule has 0 amide bonds. The van der Waals surface area contributed by atoms with Crippen LogP contribution in [0.15, 0.2) is 24.5 Å². The molecule has 0 aliphatic rings. The average molecular weight is 327 g/mol. The molecule has 3 nitrogen and oxygen atoms in total. The third kappa shape index (κ3) is 1.97. The predicted octanol–water partition coefficient (Wildman–Crippen LogP) is 4.90. The van der Waals surface area contributed by atoms with E-state index in [-0.39, 0.29) is 0 Å². The Morgan fingerprint density at radius 3 is 2.60 bits per heavy atom. The van der Waals surface area contributed by atoms with Crippen LogP contribution in [-0.4, -0.2) is 14.5 Å². The van der Waals surface area contributed by atoms with Crippen molar-refractivity contribution in [2.24, 2.45) is 7.05 Å². The molecule has 0 radical (unpaired) electrons. The summed E-state index contributed by atoms with van der Waals surface area (Å²) in [7, 11) is 1.83. The summed E-state index contributed by atoms with van der Waals surface area (Å²) in [5.74, 6) is 0. The molecule has 20 heavy (non-hydrogen) atoms. The van der Waals surface area contributed by atoms with Crippen molar-refractivity contribution in [1.82, 2.24) is 14.5 Å². The number of halogens is 3. The van der Waals surface area contributed by atoms with Crippen LogP contribution < -0.4 is 0 Å². The molecule has 102 valence electrons. The minimum atomic E-state index is 0.366. The highest BCUT2D eigenvalue weighted by Crippen LogP contribution is 2.42. The van der Waals surface area contributed by atoms with Crippen LogP contribution in [0.5, 0.6) is 0 Å². The van der Waals surface area contributed by atoms with E-state index in [9.17, 15) is 0 Å². The molecule has 0 bridgehead atoms. The molecule has 1 aromatic carbocycles. The summed E-state index contributed by atoms with van der Waals surface area (Å²) in [5, 5.41) is 2.24. The third-order valence-electron chi connectivity index (χ3n) is 3.24. The van der Waals surface area contributed by atoms with E-state index in [0.717, 1.165) is 16.7 Å². The van der Waals surface area contributed by atoms with E-state index in [1.807, 2.05) is 32.2 Å². The van der Waals surface area contributed by atoms with Crippen LogP contribution in [0, 0.1) is 6.92 Å².